The molecule has 0 N–H and O–H groups in total. The standard InChI is InChI=1S/C22H21NO3S2/c1-16(21(24)23(2)15-17-8-4-3-5-9-17)26-22(25)19(20-11-7-13-28-20)14-18-10-6-12-27-18/h3-14,16H,15H2,1-2H3/b19-14+/t16-/m1/s1. The average Bonchev–Trinajstić information content (AvgIpc) is 3.40. The smallest absolute Gasteiger partial charge is 0.340 e. The molecule has 0 spiro atoms. The first-order valence-corrected chi connectivity index (χ1v) is 10.6. The van der Waals surface area contributed by atoms with Crippen LogP contribution in [0.5, 0.6) is 0 Å². The molecule has 1 amide bonds. The molecule has 3 aromatic rings. The number of likely N-dealkylation sites (N-methyl/N-ethyl adjacent to an activating group) is 1. The minimum Gasteiger partial charge on any atom is -0.449 e. The second-order valence-electron chi connectivity index (χ2n) is 6.28. The quantitative estimate of drug-likeness (QED) is 0.409. The topological polar surface area (TPSA) is 46.6 Å². The van der Waals surface area contributed by atoms with Gasteiger partial charge in [0.25, 0.3) is 5.91 Å². The second-order valence-corrected chi connectivity index (χ2v) is 8.21. The van der Waals surface area contributed by atoms with E-state index in [1.807, 2.05) is 71.4 Å². The summed E-state index contributed by atoms with van der Waals surface area (Å²) in [4.78, 5) is 28.8. The van der Waals surface area contributed by atoms with Crippen molar-refractivity contribution < 1.29 is 14.3 Å². The van der Waals surface area contributed by atoms with Crippen molar-refractivity contribution in [1.29, 1.82) is 0 Å². The Morgan fingerprint density at radius 3 is 2.39 bits per heavy atom. The van der Waals surface area contributed by atoms with Gasteiger partial charge in [-0.2, -0.15) is 0 Å². The molecule has 1 aromatic carbocycles. The summed E-state index contributed by atoms with van der Waals surface area (Å²) in [7, 11) is 1.71. The van der Waals surface area contributed by atoms with Crippen LogP contribution >= 0.6 is 22.7 Å². The summed E-state index contributed by atoms with van der Waals surface area (Å²) in [5.74, 6) is -0.733. The van der Waals surface area contributed by atoms with Crippen LogP contribution in [0.2, 0.25) is 0 Å². The summed E-state index contributed by atoms with van der Waals surface area (Å²) in [5, 5.41) is 3.86. The van der Waals surface area contributed by atoms with Crippen LogP contribution in [0.3, 0.4) is 0 Å². The van der Waals surface area contributed by atoms with E-state index in [1.165, 1.54) is 11.3 Å². The Morgan fingerprint density at radius 2 is 1.75 bits per heavy atom. The zero-order valence-electron chi connectivity index (χ0n) is 15.7. The maximum atomic E-state index is 12.8. The van der Waals surface area contributed by atoms with Gasteiger partial charge in [0, 0.05) is 23.3 Å². The first kappa shape index (κ1) is 20.0. The van der Waals surface area contributed by atoms with Gasteiger partial charge in [0.1, 0.15) is 0 Å². The maximum absolute atomic E-state index is 12.8. The van der Waals surface area contributed by atoms with E-state index in [4.69, 9.17) is 4.74 Å². The molecule has 0 radical (unpaired) electrons. The van der Waals surface area contributed by atoms with Crippen LogP contribution in [0, 0.1) is 0 Å². The zero-order valence-corrected chi connectivity index (χ0v) is 17.3. The van der Waals surface area contributed by atoms with E-state index < -0.39 is 12.1 Å². The molecule has 3 rings (SSSR count). The third kappa shape index (κ3) is 5.18. The Balaban J connectivity index is 1.69. The fraction of sp³-hybridized carbons (Fsp3) is 0.182. The van der Waals surface area contributed by atoms with Gasteiger partial charge in [0.15, 0.2) is 6.10 Å². The number of hydrogen-bond donors (Lipinski definition) is 0. The second kappa shape index (κ2) is 9.48. The van der Waals surface area contributed by atoms with E-state index in [9.17, 15) is 9.59 Å². The predicted octanol–water partition coefficient (Wildman–Crippen LogP) is 4.94. The van der Waals surface area contributed by atoms with Gasteiger partial charge in [-0.05, 0) is 41.5 Å². The van der Waals surface area contributed by atoms with Crippen molar-refractivity contribution in [1.82, 2.24) is 4.90 Å². The molecule has 0 aliphatic heterocycles. The molecule has 0 saturated heterocycles. The minimum atomic E-state index is -0.868. The molecule has 0 bridgehead atoms. The normalized spacial score (nSPS) is 12.4. The highest BCUT2D eigenvalue weighted by molar-refractivity contribution is 7.12. The lowest BCUT2D eigenvalue weighted by atomic mass is 10.2. The monoisotopic (exact) mass is 411 g/mol. The van der Waals surface area contributed by atoms with Crippen molar-refractivity contribution in [2.45, 2.75) is 19.6 Å². The van der Waals surface area contributed by atoms with Crippen LogP contribution in [-0.2, 0) is 20.9 Å². The van der Waals surface area contributed by atoms with Crippen molar-refractivity contribution in [2.24, 2.45) is 0 Å². The fourth-order valence-electron chi connectivity index (χ4n) is 2.70. The van der Waals surface area contributed by atoms with Gasteiger partial charge in [-0.15, -0.1) is 22.7 Å². The van der Waals surface area contributed by atoms with Crippen molar-refractivity contribution >= 4 is 46.2 Å². The Labute approximate surface area is 172 Å². The van der Waals surface area contributed by atoms with Gasteiger partial charge in [0.2, 0.25) is 0 Å². The van der Waals surface area contributed by atoms with E-state index in [1.54, 1.807) is 30.2 Å². The van der Waals surface area contributed by atoms with Crippen LogP contribution in [0.25, 0.3) is 11.6 Å². The number of benzene rings is 1. The van der Waals surface area contributed by atoms with Crippen LogP contribution in [0.15, 0.2) is 65.4 Å². The number of carbonyl (C=O) groups excluding carboxylic acids is 2. The maximum Gasteiger partial charge on any atom is 0.340 e. The highest BCUT2D eigenvalue weighted by Crippen LogP contribution is 2.26. The molecule has 2 heterocycles. The predicted molar refractivity (Wildman–Crippen MR) is 115 cm³/mol. The summed E-state index contributed by atoms with van der Waals surface area (Å²) < 4.78 is 5.52. The summed E-state index contributed by atoms with van der Waals surface area (Å²) in [6.45, 7) is 2.07. The van der Waals surface area contributed by atoms with Gasteiger partial charge in [-0.3, -0.25) is 4.79 Å². The van der Waals surface area contributed by atoms with Gasteiger partial charge in [0.05, 0.1) is 5.57 Å². The first-order chi connectivity index (χ1) is 13.5. The molecule has 0 aliphatic carbocycles. The third-order valence-electron chi connectivity index (χ3n) is 4.11. The molecular formula is C22H21NO3S2. The van der Waals surface area contributed by atoms with Crippen LogP contribution in [0.4, 0.5) is 0 Å². The number of thiophene rings is 2. The molecule has 0 unspecified atom stereocenters. The lowest BCUT2D eigenvalue weighted by Crippen LogP contribution is -2.37. The molecule has 2 aromatic heterocycles. The lowest BCUT2D eigenvalue weighted by molar-refractivity contribution is -0.154. The van der Waals surface area contributed by atoms with E-state index in [-0.39, 0.29) is 5.91 Å². The molecule has 0 saturated carbocycles. The van der Waals surface area contributed by atoms with Crippen LogP contribution < -0.4 is 0 Å². The highest BCUT2D eigenvalue weighted by atomic mass is 32.1. The van der Waals surface area contributed by atoms with Gasteiger partial charge in [-0.1, -0.05) is 42.5 Å². The molecule has 4 nitrogen and oxygen atoms in total. The zero-order chi connectivity index (χ0) is 19.9. The molecule has 0 aliphatic rings. The Morgan fingerprint density at radius 1 is 1.04 bits per heavy atom. The summed E-state index contributed by atoms with van der Waals surface area (Å²) in [6.07, 6.45) is 0.942. The third-order valence-corrected chi connectivity index (χ3v) is 5.83. The van der Waals surface area contributed by atoms with Crippen molar-refractivity contribution in [3.8, 4) is 0 Å². The molecular weight excluding hydrogens is 390 g/mol. The molecule has 0 fully saturated rings. The highest BCUT2D eigenvalue weighted by Gasteiger charge is 2.24. The molecule has 6 heteroatoms. The number of carbonyl (C=O) groups is 2. The Kier molecular flexibility index (Phi) is 6.79. The number of amides is 1. The summed E-state index contributed by atoms with van der Waals surface area (Å²) >= 11 is 3.01. The SMILES string of the molecule is C[C@@H](OC(=O)/C(=C/c1cccs1)c1cccs1)C(=O)N(C)Cc1ccccc1. The average molecular weight is 412 g/mol. The van der Waals surface area contributed by atoms with Crippen molar-refractivity contribution in [3.63, 3.8) is 0 Å². The summed E-state index contributed by atoms with van der Waals surface area (Å²) in [5.41, 5.74) is 1.48. The fourth-order valence-corrected chi connectivity index (χ4v) is 4.09. The number of esters is 1. The number of hydrogen-bond acceptors (Lipinski definition) is 5. The van der Waals surface area contributed by atoms with E-state index >= 15 is 0 Å². The van der Waals surface area contributed by atoms with Crippen LogP contribution in [0.1, 0.15) is 22.2 Å². The van der Waals surface area contributed by atoms with Gasteiger partial charge >= 0.3 is 5.97 Å². The lowest BCUT2D eigenvalue weighted by Gasteiger charge is -2.22. The van der Waals surface area contributed by atoms with E-state index in [0.29, 0.717) is 12.1 Å². The summed E-state index contributed by atoms with van der Waals surface area (Å²) in [6, 6.07) is 17.3. The van der Waals surface area contributed by atoms with Gasteiger partial charge in [-0.25, -0.2) is 4.79 Å². The van der Waals surface area contributed by atoms with Crippen molar-refractivity contribution in [2.75, 3.05) is 7.05 Å². The van der Waals surface area contributed by atoms with Gasteiger partial charge < -0.3 is 9.64 Å². The Hall–Kier alpha value is -2.70. The van der Waals surface area contributed by atoms with E-state index in [2.05, 4.69) is 0 Å². The number of rotatable bonds is 7. The first-order valence-electron chi connectivity index (χ1n) is 8.83. The van der Waals surface area contributed by atoms with E-state index in [0.717, 1.165) is 15.3 Å². The van der Waals surface area contributed by atoms with Crippen LogP contribution in [-0.4, -0.2) is 29.9 Å². The largest absolute Gasteiger partial charge is 0.449 e. The number of nitrogens with zero attached hydrogens (tertiary/aromatic N) is 1. The minimum absolute atomic E-state index is 0.237. The molecule has 144 valence electrons. The Bertz CT molecular complexity index is 932. The molecule has 1 atom stereocenters. The number of ether oxygens (including phenoxy) is 1. The molecule has 28 heavy (non-hydrogen) atoms. The van der Waals surface area contributed by atoms with Crippen molar-refractivity contribution in [3.05, 3.63) is 80.7 Å².